The van der Waals surface area contributed by atoms with Crippen LogP contribution in [0.2, 0.25) is 0 Å². The highest BCUT2D eigenvalue weighted by Gasteiger charge is 2.28. The number of carboxylic acid groups (broad SMARTS) is 1. The van der Waals surface area contributed by atoms with Gasteiger partial charge in [-0.05, 0) is 24.1 Å². The minimum atomic E-state index is -0.892. The van der Waals surface area contributed by atoms with Gasteiger partial charge in [0.2, 0.25) is 0 Å². The molecule has 1 unspecified atom stereocenters. The molecule has 6 heteroatoms. The lowest BCUT2D eigenvalue weighted by atomic mass is 9.98. The summed E-state index contributed by atoms with van der Waals surface area (Å²) in [6.07, 6.45) is 0.0764. The van der Waals surface area contributed by atoms with Crippen LogP contribution in [0.25, 0.3) is 0 Å². The highest BCUT2D eigenvalue weighted by Crippen LogP contribution is 2.39. The molecule has 2 rings (SSSR count). The third-order valence-corrected chi connectivity index (χ3v) is 3.23. The fraction of sp³-hybridized carbons (Fsp3) is 0.429. The second-order valence-electron chi connectivity index (χ2n) is 4.50. The van der Waals surface area contributed by atoms with Gasteiger partial charge in [-0.3, -0.25) is 9.59 Å². The fourth-order valence-corrected chi connectivity index (χ4v) is 2.22. The highest BCUT2D eigenvalue weighted by atomic mass is 16.5. The Morgan fingerprint density at radius 1 is 1.45 bits per heavy atom. The van der Waals surface area contributed by atoms with Crippen LogP contribution in [0.5, 0.6) is 11.5 Å². The minimum absolute atomic E-state index is 0.0171. The lowest BCUT2D eigenvalue weighted by Crippen LogP contribution is -2.21. The molecule has 0 aromatic heterocycles. The molecule has 0 aliphatic carbocycles. The van der Waals surface area contributed by atoms with E-state index in [9.17, 15) is 9.59 Å². The first-order chi connectivity index (χ1) is 9.55. The SMILES string of the molecule is COc1cc2c(cc1CCC(=O)O)OC(=O)CC2OC. The monoisotopic (exact) mass is 280 g/mol. The van der Waals surface area contributed by atoms with Crippen molar-refractivity contribution in [1.29, 1.82) is 0 Å². The van der Waals surface area contributed by atoms with Crippen molar-refractivity contribution >= 4 is 11.9 Å². The summed E-state index contributed by atoms with van der Waals surface area (Å²) in [7, 11) is 3.04. The van der Waals surface area contributed by atoms with E-state index in [1.807, 2.05) is 0 Å². The van der Waals surface area contributed by atoms with Gasteiger partial charge in [-0.25, -0.2) is 0 Å². The third-order valence-electron chi connectivity index (χ3n) is 3.23. The fourth-order valence-electron chi connectivity index (χ4n) is 2.22. The van der Waals surface area contributed by atoms with Gasteiger partial charge in [-0.1, -0.05) is 0 Å². The molecule has 1 aromatic carbocycles. The molecular weight excluding hydrogens is 264 g/mol. The maximum absolute atomic E-state index is 11.5. The van der Waals surface area contributed by atoms with Crippen molar-refractivity contribution in [2.24, 2.45) is 0 Å². The molecular formula is C14H16O6. The first-order valence-electron chi connectivity index (χ1n) is 6.21. The zero-order chi connectivity index (χ0) is 14.7. The second kappa shape index (κ2) is 5.92. The largest absolute Gasteiger partial charge is 0.496 e. The van der Waals surface area contributed by atoms with Crippen molar-refractivity contribution in [3.05, 3.63) is 23.3 Å². The number of hydrogen-bond acceptors (Lipinski definition) is 5. The maximum atomic E-state index is 11.5. The van der Waals surface area contributed by atoms with Gasteiger partial charge in [0.05, 0.1) is 19.6 Å². The van der Waals surface area contributed by atoms with E-state index in [4.69, 9.17) is 19.3 Å². The lowest BCUT2D eigenvalue weighted by molar-refractivity contribution is -0.139. The summed E-state index contributed by atoms with van der Waals surface area (Å²) in [6.45, 7) is 0. The number of carbonyl (C=O) groups excluding carboxylic acids is 1. The van der Waals surface area contributed by atoms with Gasteiger partial charge in [-0.2, -0.15) is 0 Å². The van der Waals surface area contributed by atoms with Crippen LogP contribution in [0.3, 0.4) is 0 Å². The molecule has 1 N–H and O–H groups in total. The normalized spacial score (nSPS) is 17.3. The Bertz CT molecular complexity index is 537. The van der Waals surface area contributed by atoms with Crippen LogP contribution in [-0.2, 0) is 20.7 Å². The van der Waals surface area contributed by atoms with E-state index in [0.29, 0.717) is 23.5 Å². The van der Waals surface area contributed by atoms with Crippen LogP contribution >= 0.6 is 0 Å². The highest BCUT2D eigenvalue weighted by molar-refractivity contribution is 5.76. The summed E-state index contributed by atoms with van der Waals surface area (Å²) in [6, 6.07) is 3.40. The van der Waals surface area contributed by atoms with Gasteiger partial charge in [0.1, 0.15) is 11.5 Å². The smallest absolute Gasteiger partial charge is 0.314 e. The molecule has 0 bridgehead atoms. The molecule has 1 aromatic rings. The number of esters is 1. The van der Waals surface area contributed by atoms with E-state index in [-0.39, 0.29) is 24.9 Å². The Balaban J connectivity index is 2.38. The minimum Gasteiger partial charge on any atom is -0.496 e. The van der Waals surface area contributed by atoms with E-state index >= 15 is 0 Å². The Kier molecular flexibility index (Phi) is 4.24. The molecule has 0 saturated heterocycles. The Morgan fingerprint density at radius 3 is 2.80 bits per heavy atom. The molecule has 1 heterocycles. The Labute approximate surface area is 116 Å². The Morgan fingerprint density at radius 2 is 2.20 bits per heavy atom. The van der Waals surface area contributed by atoms with Gasteiger partial charge < -0.3 is 19.3 Å². The van der Waals surface area contributed by atoms with Gasteiger partial charge in [0.25, 0.3) is 0 Å². The Hall–Kier alpha value is -2.08. The molecule has 0 spiro atoms. The number of aryl methyl sites for hydroxylation is 1. The number of ether oxygens (including phenoxy) is 3. The summed E-state index contributed by atoms with van der Waals surface area (Å²) >= 11 is 0. The molecule has 6 nitrogen and oxygen atoms in total. The summed E-state index contributed by atoms with van der Waals surface area (Å²) in [5.41, 5.74) is 1.43. The van der Waals surface area contributed by atoms with Crippen molar-refractivity contribution in [1.82, 2.24) is 0 Å². The molecule has 1 aliphatic heterocycles. The second-order valence-corrected chi connectivity index (χ2v) is 4.50. The molecule has 0 saturated carbocycles. The predicted molar refractivity (Wildman–Crippen MR) is 69.0 cm³/mol. The summed E-state index contributed by atoms with van der Waals surface area (Å²) in [5.74, 6) is -0.269. The average molecular weight is 280 g/mol. The first kappa shape index (κ1) is 14.3. The van der Waals surface area contributed by atoms with Crippen LogP contribution < -0.4 is 9.47 Å². The molecule has 1 aliphatic rings. The summed E-state index contributed by atoms with van der Waals surface area (Å²) in [4.78, 5) is 22.2. The van der Waals surface area contributed by atoms with Crippen LogP contribution in [0.4, 0.5) is 0 Å². The summed E-state index contributed by atoms with van der Waals surface area (Å²) < 4.78 is 15.7. The topological polar surface area (TPSA) is 82.1 Å². The summed E-state index contributed by atoms with van der Waals surface area (Å²) in [5, 5.41) is 8.75. The molecule has 1 atom stereocenters. The number of fused-ring (bicyclic) bond motifs is 1. The van der Waals surface area contributed by atoms with E-state index in [1.54, 1.807) is 12.1 Å². The lowest BCUT2D eigenvalue weighted by Gasteiger charge is -2.25. The molecule has 0 radical (unpaired) electrons. The van der Waals surface area contributed by atoms with Crippen molar-refractivity contribution in [3.63, 3.8) is 0 Å². The number of methoxy groups -OCH3 is 2. The van der Waals surface area contributed by atoms with Crippen molar-refractivity contribution in [2.45, 2.75) is 25.4 Å². The molecule has 0 fully saturated rings. The first-order valence-corrected chi connectivity index (χ1v) is 6.21. The van der Waals surface area contributed by atoms with Crippen LogP contribution in [-0.4, -0.2) is 31.3 Å². The van der Waals surface area contributed by atoms with Gasteiger partial charge in [0.15, 0.2) is 0 Å². The van der Waals surface area contributed by atoms with Gasteiger partial charge in [0, 0.05) is 19.1 Å². The quantitative estimate of drug-likeness (QED) is 0.653. The van der Waals surface area contributed by atoms with E-state index in [2.05, 4.69) is 0 Å². The van der Waals surface area contributed by atoms with Gasteiger partial charge >= 0.3 is 11.9 Å². The number of benzene rings is 1. The van der Waals surface area contributed by atoms with Crippen LogP contribution in [0.15, 0.2) is 12.1 Å². The number of aliphatic carboxylic acids is 1. The van der Waals surface area contributed by atoms with E-state index < -0.39 is 5.97 Å². The maximum Gasteiger partial charge on any atom is 0.314 e. The van der Waals surface area contributed by atoms with E-state index in [1.165, 1.54) is 14.2 Å². The van der Waals surface area contributed by atoms with Crippen molar-refractivity contribution < 1.29 is 28.9 Å². The number of rotatable bonds is 5. The van der Waals surface area contributed by atoms with Crippen molar-refractivity contribution in [3.8, 4) is 11.5 Å². The average Bonchev–Trinajstić information content (AvgIpc) is 2.42. The number of hydrogen-bond donors (Lipinski definition) is 1. The third kappa shape index (κ3) is 2.91. The zero-order valence-corrected chi connectivity index (χ0v) is 11.3. The van der Waals surface area contributed by atoms with Gasteiger partial charge in [-0.15, -0.1) is 0 Å². The van der Waals surface area contributed by atoms with E-state index in [0.717, 1.165) is 5.56 Å². The zero-order valence-electron chi connectivity index (χ0n) is 11.3. The van der Waals surface area contributed by atoms with Crippen LogP contribution in [0.1, 0.15) is 30.1 Å². The predicted octanol–water partition coefficient (Wildman–Crippen LogP) is 1.71. The standard InChI is InChI=1S/C14H16O6/c1-18-10-6-9-11(19-2)7-14(17)20-12(9)5-8(10)3-4-13(15)16/h5-6,11H,3-4,7H2,1-2H3,(H,15,16). The molecule has 108 valence electrons. The van der Waals surface area contributed by atoms with Crippen LogP contribution in [0, 0.1) is 0 Å². The number of carbonyl (C=O) groups is 2. The molecule has 20 heavy (non-hydrogen) atoms. The molecule has 0 amide bonds. The van der Waals surface area contributed by atoms with Crippen molar-refractivity contribution in [2.75, 3.05) is 14.2 Å². The number of carboxylic acids is 1.